The van der Waals surface area contributed by atoms with E-state index in [-0.39, 0.29) is 24.3 Å². The monoisotopic (exact) mass is 362 g/mol. The van der Waals surface area contributed by atoms with Gasteiger partial charge < -0.3 is 20.3 Å². The van der Waals surface area contributed by atoms with Gasteiger partial charge in [0, 0.05) is 38.2 Å². The topological polar surface area (TPSA) is 66.0 Å². The van der Waals surface area contributed by atoms with Crippen LogP contribution >= 0.6 is 0 Å². The minimum Gasteiger partial charge on any atom is -0.487 e. The third-order valence-corrected chi connectivity index (χ3v) is 4.53. The molecule has 3 rings (SSSR count). The molecule has 1 amide bonds. The van der Waals surface area contributed by atoms with Crippen LogP contribution < -0.4 is 15.4 Å². The summed E-state index contributed by atoms with van der Waals surface area (Å²) >= 11 is 0. The predicted octanol–water partition coefficient (Wildman–Crippen LogP) is 2.21. The maximum atomic E-state index is 13.6. The van der Waals surface area contributed by atoms with Crippen molar-refractivity contribution in [3.63, 3.8) is 0 Å². The van der Waals surface area contributed by atoms with Gasteiger partial charge in [0.05, 0.1) is 6.04 Å². The van der Waals surface area contributed by atoms with Crippen molar-refractivity contribution in [2.24, 2.45) is 4.99 Å². The summed E-state index contributed by atoms with van der Waals surface area (Å²) in [5.74, 6) is 0.785. The zero-order valence-corrected chi connectivity index (χ0v) is 15.8. The van der Waals surface area contributed by atoms with Crippen LogP contribution in [0.15, 0.2) is 23.2 Å². The molecule has 0 aromatic heterocycles. The Bertz CT molecular complexity index is 713. The van der Waals surface area contributed by atoms with E-state index in [1.165, 1.54) is 17.0 Å². The molecule has 0 bridgehead atoms. The molecule has 1 aliphatic heterocycles. The van der Waals surface area contributed by atoms with E-state index < -0.39 is 5.60 Å². The Morgan fingerprint density at radius 2 is 2.08 bits per heavy atom. The summed E-state index contributed by atoms with van der Waals surface area (Å²) in [6.07, 6.45) is 2.91. The van der Waals surface area contributed by atoms with E-state index in [9.17, 15) is 9.18 Å². The number of guanidine groups is 1. The third kappa shape index (κ3) is 4.65. The van der Waals surface area contributed by atoms with Gasteiger partial charge in [-0.1, -0.05) is 6.07 Å². The highest BCUT2D eigenvalue weighted by molar-refractivity contribution is 5.85. The number of carbonyl (C=O) groups excluding carboxylic acids is 1. The number of carbonyl (C=O) groups is 1. The van der Waals surface area contributed by atoms with Gasteiger partial charge in [0.15, 0.2) is 5.96 Å². The fourth-order valence-electron chi connectivity index (χ4n) is 2.96. The lowest BCUT2D eigenvalue weighted by Crippen LogP contribution is -2.46. The lowest BCUT2D eigenvalue weighted by Gasteiger charge is -2.38. The van der Waals surface area contributed by atoms with Gasteiger partial charge in [-0.25, -0.2) is 9.38 Å². The molecule has 0 saturated heterocycles. The number of hydrogen-bond acceptors (Lipinski definition) is 3. The van der Waals surface area contributed by atoms with Crippen LogP contribution in [0.1, 0.15) is 44.7 Å². The van der Waals surface area contributed by atoms with Crippen LogP contribution in [0, 0.1) is 5.82 Å². The van der Waals surface area contributed by atoms with Gasteiger partial charge in [-0.05, 0) is 32.8 Å². The second kappa shape index (κ2) is 7.13. The largest absolute Gasteiger partial charge is 0.487 e. The average molecular weight is 362 g/mol. The highest BCUT2D eigenvalue weighted by atomic mass is 19.1. The molecule has 2 aliphatic rings. The molecule has 142 valence electrons. The Morgan fingerprint density at radius 3 is 2.73 bits per heavy atom. The number of amides is 1. The van der Waals surface area contributed by atoms with Crippen LogP contribution in [-0.4, -0.2) is 49.0 Å². The quantitative estimate of drug-likeness (QED) is 0.637. The summed E-state index contributed by atoms with van der Waals surface area (Å²) in [4.78, 5) is 17.8. The SMILES string of the molecule is CN(C)C(=O)CN=C(NC1CC1)NC1CC(C)(C)Oc2cc(F)ccc21. The lowest BCUT2D eigenvalue weighted by molar-refractivity contribution is -0.127. The van der Waals surface area contributed by atoms with Gasteiger partial charge in [0.25, 0.3) is 0 Å². The van der Waals surface area contributed by atoms with E-state index in [4.69, 9.17) is 4.74 Å². The van der Waals surface area contributed by atoms with E-state index in [2.05, 4.69) is 15.6 Å². The summed E-state index contributed by atoms with van der Waals surface area (Å²) in [6, 6.07) is 4.93. The molecule has 1 fully saturated rings. The van der Waals surface area contributed by atoms with E-state index in [1.807, 2.05) is 13.8 Å². The molecular weight excluding hydrogens is 335 g/mol. The van der Waals surface area contributed by atoms with Crippen molar-refractivity contribution in [3.05, 3.63) is 29.6 Å². The number of hydrogen-bond donors (Lipinski definition) is 2. The molecule has 2 N–H and O–H groups in total. The van der Waals surface area contributed by atoms with Gasteiger partial charge in [-0.3, -0.25) is 4.79 Å². The van der Waals surface area contributed by atoms with E-state index in [1.54, 1.807) is 20.2 Å². The van der Waals surface area contributed by atoms with Crippen molar-refractivity contribution in [1.29, 1.82) is 0 Å². The van der Waals surface area contributed by atoms with Crippen molar-refractivity contribution in [2.45, 2.75) is 50.8 Å². The Morgan fingerprint density at radius 1 is 1.35 bits per heavy atom. The summed E-state index contributed by atoms with van der Waals surface area (Å²) in [5, 5.41) is 6.77. The molecule has 7 heteroatoms. The smallest absolute Gasteiger partial charge is 0.243 e. The third-order valence-electron chi connectivity index (χ3n) is 4.53. The molecule has 1 unspecified atom stereocenters. The van der Waals surface area contributed by atoms with E-state index in [0.717, 1.165) is 18.4 Å². The lowest BCUT2D eigenvalue weighted by atomic mass is 9.89. The Balaban J connectivity index is 1.81. The number of ether oxygens (including phenoxy) is 1. The standard InChI is InChI=1S/C19H27FN4O2/c1-19(2)10-15(14-8-5-12(20)9-16(14)26-19)23-18(22-13-6-7-13)21-11-17(25)24(3)4/h5,8-9,13,15H,6-7,10-11H2,1-4H3,(H2,21,22,23). The summed E-state index contributed by atoms with van der Waals surface area (Å²) in [6.45, 7) is 4.05. The number of nitrogens with one attached hydrogen (secondary N) is 2. The molecule has 1 aromatic rings. The number of halogens is 1. The molecule has 0 spiro atoms. The number of rotatable bonds is 4. The van der Waals surface area contributed by atoms with E-state index >= 15 is 0 Å². The number of fused-ring (bicyclic) bond motifs is 1. The molecule has 6 nitrogen and oxygen atoms in total. The Labute approximate surface area is 153 Å². The molecule has 1 saturated carbocycles. The fraction of sp³-hybridized carbons (Fsp3) is 0.579. The van der Waals surface area contributed by atoms with Crippen LogP contribution in [0.4, 0.5) is 4.39 Å². The average Bonchev–Trinajstić information content (AvgIpc) is 3.34. The van der Waals surface area contributed by atoms with Crippen LogP contribution in [-0.2, 0) is 4.79 Å². The Hall–Kier alpha value is -2.31. The zero-order valence-electron chi connectivity index (χ0n) is 15.8. The number of nitrogens with zero attached hydrogens (tertiary/aromatic N) is 2. The normalized spacial score (nSPS) is 21.4. The first-order chi connectivity index (χ1) is 12.2. The van der Waals surface area contributed by atoms with Crippen molar-refractivity contribution in [2.75, 3.05) is 20.6 Å². The predicted molar refractivity (Wildman–Crippen MR) is 98.8 cm³/mol. The molecule has 1 aliphatic carbocycles. The van der Waals surface area contributed by atoms with Crippen LogP contribution in [0.25, 0.3) is 0 Å². The van der Waals surface area contributed by atoms with Crippen LogP contribution in [0.3, 0.4) is 0 Å². The van der Waals surface area contributed by atoms with Gasteiger partial charge >= 0.3 is 0 Å². The first kappa shape index (κ1) is 18.5. The summed E-state index contributed by atoms with van der Waals surface area (Å²) in [5.41, 5.74) is 0.470. The molecule has 0 radical (unpaired) electrons. The van der Waals surface area contributed by atoms with Crippen molar-refractivity contribution in [3.8, 4) is 5.75 Å². The first-order valence-corrected chi connectivity index (χ1v) is 9.00. The summed E-state index contributed by atoms with van der Waals surface area (Å²) in [7, 11) is 3.43. The number of likely N-dealkylation sites (N-methyl/N-ethyl adjacent to an activating group) is 1. The number of aliphatic imine (C=N–C) groups is 1. The molecular formula is C19H27FN4O2. The second-order valence-electron chi connectivity index (χ2n) is 7.82. The maximum Gasteiger partial charge on any atom is 0.243 e. The van der Waals surface area contributed by atoms with Gasteiger partial charge in [-0.2, -0.15) is 0 Å². The van der Waals surface area contributed by atoms with Crippen molar-refractivity contribution >= 4 is 11.9 Å². The van der Waals surface area contributed by atoms with E-state index in [0.29, 0.717) is 24.2 Å². The van der Waals surface area contributed by atoms with Gasteiger partial charge in [0.1, 0.15) is 23.7 Å². The molecule has 1 atom stereocenters. The van der Waals surface area contributed by atoms with Gasteiger partial charge in [0.2, 0.25) is 5.91 Å². The molecule has 26 heavy (non-hydrogen) atoms. The number of benzene rings is 1. The molecule has 1 heterocycles. The Kier molecular flexibility index (Phi) is 5.07. The van der Waals surface area contributed by atoms with Crippen molar-refractivity contribution < 1.29 is 13.9 Å². The highest BCUT2D eigenvalue weighted by Crippen LogP contribution is 2.39. The van der Waals surface area contributed by atoms with Crippen LogP contribution in [0.2, 0.25) is 0 Å². The van der Waals surface area contributed by atoms with Crippen LogP contribution in [0.5, 0.6) is 5.75 Å². The van der Waals surface area contributed by atoms with Crippen molar-refractivity contribution in [1.82, 2.24) is 15.5 Å². The minimum atomic E-state index is -0.428. The zero-order chi connectivity index (χ0) is 18.9. The molecule has 1 aromatic carbocycles. The maximum absolute atomic E-state index is 13.6. The van der Waals surface area contributed by atoms with Gasteiger partial charge in [-0.15, -0.1) is 0 Å². The summed E-state index contributed by atoms with van der Waals surface area (Å²) < 4.78 is 19.6. The second-order valence-corrected chi connectivity index (χ2v) is 7.82. The fourth-order valence-corrected chi connectivity index (χ4v) is 2.96. The first-order valence-electron chi connectivity index (χ1n) is 9.00. The highest BCUT2D eigenvalue weighted by Gasteiger charge is 2.35. The minimum absolute atomic E-state index is 0.0586.